The summed E-state index contributed by atoms with van der Waals surface area (Å²) in [7, 11) is -3.73. The van der Waals surface area contributed by atoms with Crippen molar-refractivity contribution in [2.75, 3.05) is 11.3 Å². The molecule has 1 amide bonds. The first-order valence-electron chi connectivity index (χ1n) is 14.0. The first-order valence-corrected chi connectivity index (χ1v) is 16.3. The number of aryl methyl sites for hydroxylation is 1. The molecule has 0 aliphatic carbocycles. The van der Waals surface area contributed by atoms with Gasteiger partial charge in [-0.15, -0.1) is 11.3 Å². The first kappa shape index (κ1) is 30.4. The molecule has 2 aromatic heterocycles. The van der Waals surface area contributed by atoms with Crippen LogP contribution in [0.15, 0.2) is 102 Å². The van der Waals surface area contributed by atoms with E-state index in [4.69, 9.17) is 0 Å². The van der Waals surface area contributed by atoms with E-state index in [1.54, 1.807) is 48.7 Å². The Kier molecular flexibility index (Phi) is 9.26. The van der Waals surface area contributed by atoms with Gasteiger partial charge in [-0.3, -0.25) is 9.52 Å². The van der Waals surface area contributed by atoms with Gasteiger partial charge in [0.2, 0.25) is 0 Å². The number of benzene rings is 3. The van der Waals surface area contributed by atoms with E-state index in [0.29, 0.717) is 29.9 Å². The van der Waals surface area contributed by atoms with Crippen LogP contribution in [0.5, 0.6) is 0 Å². The van der Waals surface area contributed by atoms with E-state index in [1.165, 1.54) is 23.5 Å². The number of aromatic nitrogens is 2. The minimum atomic E-state index is -3.73. The second-order valence-electron chi connectivity index (χ2n) is 11.0. The summed E-state index contributed by atoms with van der Waals surface area (Å²) in [4.78, 5) is 17.0. The molecule has 0 bridgehead atoms. The Morgan fingerprint density at radius 3 is 2.63 bits per heavy atom. The summed E-state index contributed by atoms with van der Waals surface area (Å²) in [6.45, 7) is 5.62. The number of nitrogens with zero attached hydrogens (tertiary/aromatic N) is 2. The van der Waals surface area contributed by atoms with Gasteiger partial charge in [0.15, 0.2) is 0 Å². The second kappa shape index (κ2) is 13.1. The van der Waals surface area contributed by atoms with Crippen LogP contribution < -0.4 is 15.4 Å². The smallest absolute Gasteiger partial charge is 0.261 e. The molecule has 0 radical (unpaired) electrons. The summed E-state index contributed by atoms with van der Waals surface area (Å²) in [5.74, 6) is -0.132. The molecular weight excluding hydrogens is 583 g/mol. The van der Waals surface area contributed by atoms with E-state index in [1.807, 2.05) is 35.8 Å². The zero-order valence-corrected chi connectivity index (χ0v) is 25.7. The fraction of sp³-hybridized carbons (Fsp3) is 0.250. The van der Waals surface area contributed by atoms with Crippen molar-refractivity contribution in [1.82, 2.24) is 20.2 Å². The average Bonchev–Trinajstić information content (AvgIpc) is 3.68. The van der Waals surface area contributed by atoms with Crippen molar-refractivity contribution in [2.45, 2.75) is 49.9 Å². The third kappa shape index (κ3) is 7.88. The molecule has 43 heavy (non-hydrogen) atoms. The lowest BCUT2D eigenvalue weighted by molar-refractivity contribution is 0.0951. The number of hydrogen-bond donors (Lipinski definition) is 4. The Morgan fingerprint density at radius 2 is 1.86 bits per heavy atom. The maximum absolute atomic E-state index is 12.7. The molecule has 0 aliphatic rings. The summed E-state index contributed by atoms with van der Waals surface area (Å²) in [6.07, 6.45) is 3.71. The monoisotopic (exact) mass is 617 g/mol. The maximum Gasteiger partial charge on any atom is 0.261 e. The summed E-state index contributed by atoms with van der Waals surface area (Å²) < 4.78 is 30.1. The molecule has 9 nitrogen and oxygen atoms in total. The molecule has 224 valence electrons. The van der Waals surface area contributed by atoms with E-state index in [2.05, 4.69) is 38.8 Å². The predicted octanol–water partition coefficient (Wildman–Crippen LogP) is 5.32. The van der Waals surface area contributed by atoms with Crippen LogP contribution >= 0.6 is 11.3 Å². The number of nitrogens with one attached hydrogen (secondary N) is 3. The largest absolute Gasteiger partial charge is 0.387 e. The molecule has 0 saturated heterocycles. The highest BCUT2D eigenvalue weighted by Crippen LogP contribution is 2.23. The highest BCUT2D eigenvalue weighted by atomic mass is 32.2. The van der Waals surface area contributed by atoms with Gasteiger partial charge in [0.05, 0.1) is 17.5 Å². The van der Waals surface area contributed by atoms with Crippen molar-refractivity contribution in [1.29, 1.82) is 0 Å². The quantitative estimate of drug-likeness (QED) is 0.142. The maximum atomic E-state index is 12.7. The minimum absolute atomic E-state index is 0.132. The molecule has 5 rings (SSSR count). The number of aliphatic hydroxyl groups is 1. The molecule has 1 atom stereocenters. The van der Waals surface area contributed by atoms with E-state index < -0.39 is 16.1 Å². The standard InChI is InChI=1S/C32H35N5O4S2/c1-32(2,35-21-29(38)24-7-6-8-26(20-24)36-43(40,41)27-9-4-3-5-10-27)14-17-37-16-13-23-19-25(11-12-28(23)37)31(39)34-22-30-33-15-18-42-30/h3-13,15-16,18-20,29,35-36,38H,14,17,21-22H2,1-2H3,(H,34,39)/t29-/m0/s1. The van der Waals surface area contributed by atoms with E-state index in [9.17, 15) is 18.3 Å². The van der Waals surface area contributed by atoms with E-state index in [0.717, 1.165) is 28.9 Å². The van der Waals surface area contributed by atoms with Crippen molar-refractivity contribution >= 4 is 43.9 Å². The topological polar surface area (TPSA) is 125 Å². The highest BCUT2D eigenvalue weighted by molar-refractivity contribution is 7.92. The lowest BCUT2D eigenvalue weighted by Crippen LogP contribution is -2.42. The molecule has 3 aromatic carbocycles. The van der Waals surface area contributed by atoms with E-state index in [-0.39, 0.29) is 16.3 Å². The average molecular weight is 618 g/mol. The summed E-state index contributed by atoms with van der Waals surface area (Å²) in [5.41, 5.74) is 2.36. The molecule has 0 fully saturated rings. The van der Waals surface area contributed by atoms with Crippen LogP contribution in [0.4, 0.5) is 5.69 Å². The number of amides is 1. The molecule has 0 aliphatic heterocycles. The first-order chi connectivity index (χ1) is 20.6. The molecule has 0 unspecified atom stereocenters. The minimum Gasteiger partial charge on any atom is -0.387 e. The van der Waals surface area contributed by atoms with Crippen molar-refractivity contribution in [2.24, 2.45) is 0 Å². The molecule has 0 saturated carbocycles. The number of aliphatic hydroxyl groups excluding tert-OH is 1. The van der Waals surface area contributed by atoms with Gasteiger partial charge in [-0.25, -0.2) is 13.4 Å². The Hall–Kier alpha value is -4.03. The molecular formula is C32H35N5O4S2. The number of thiazole rings is 1. The highest BCUT2D eigenvalue weighted by Gasteiger charge is 2.21. The molecule has 2 heterocycles. The fourth-order valence-corrected chi connectivity index (χ4v) is 6.36. The van der Waals surface area contributed by atoms with Crippen LogP contribution in [0, 0.1) is 0 Å². The third-order valence-corrected chi connectivity index (χ3v) is 9.42. The fourth-order valence-electron chi connectivity index (χ4n) is 4.74. The Morgan fingerprint density at radius 1 is 1.05 bits per heavy atom. The zero-order valence-electron chi connectivity index (χ0n) is 24.0. The van der Waals surface area contributed by atoms with E-state index >= 15 is 0 Å². The van der Waals surface area contributed by atoms with Crippen LogP contribution in [0.25, 0.3) is 10.9 Å². The molecule has 5 aromatic rings. The van der Waals surface area contributed by atoms with Gasteiger partial charge in [0.1, 0.15) is 5.01 Å². The van der Waals surface area contributed by atoms with Gasteiger partial charge >= 0.3 is 0 Å². The van der Waals surface area contributed by atoms with Crippen LogP contribution in [0.1, 0.15) is 47.3 Å². The van der Waals surface area contributed by atoms with Crippen molar-refractivity contribution in [3.05, 3.63) is 113 Å². The summed E-state index contributed by atoms with van der Waals surface area (Å²) in [5, 5.41) is 21.0. The molecule has 4 N–H and O–H groups in total. The third-order valence-electron chi connectivity index (χ3n) is 7.25. The lowest BCUT2D eigenvalue weighted by Gasteiger charge is -2.28. The van der Waals surface area contributed by atoms with Crippen molar-refractivity contribution < 1.29 is 18.3 Å². The normalized spacial score (nSPS) is 12.7. The number of carbonyl (C=O) groups is 1. The number of sulfonamides is 1. The lowest BCUT2D eigenvalue weighted by atomic mass is 9.99. The van der Waals surface area contributed by atoms with Gasteiger partial charge < -0.3 is 20.3 Å². The number of carbonyl (C=O) groups excluding carboxylic acids is 1. The van der Waals surface area contributed by atoms with Gasteiger partial charge in [-0.2, -0.15) is 0 Å². The SMILES string of the molecule is CC(C)(CCn1ccc2cc(C(=O)NCc3nccs3)ccc21)NC[C@H](O)c1cccc(NS(=O)(=O)c2ccccc2)c1. The van der Waals surface area contributed by atoms with Crippen molar-refractivity contribution in [3.63, 3.8) is 0 Å². The van der Waals surface area contributed by atoms with Crippen LogP contribution in [0.3, 0.4) is 0 Å². The molecule has 11 heteroatoms. The summed E-state index contributed by atoms with van der Waals surface area (Å²) in [6, 6.07) is 22.7. The molecule has 0 spiro atoms. The zero-order chi connectivity index (χ0) is 30.5. The van der Waals surface area contributed by atoms with Crippen molar-refractivity contribution in [3.8, 4) is 0 Å². The number of fused-ring (bicyclic) bond motifs is 1. The summed E-state index contributed by atoms with van der Waals surface area (Å²) >= 11 is 1.51. The Labute approximate surface area is 255 Å². The number of anilines is 1. The van der Waals surface area contributed by atoms with Crippen LogP contribution in [-0.4, -0.2) is 41.1 Å². The Bertz CT molecular complexity index is 1790. The van der Waals surface area contributed by atoms with Gasteiger partial charge in [0, 0.05) is 58.6 Å². The van der Waals surface area contributed by atoms with Gasteiger partial charge in [-0.05, 0) is 74.4 Å². The van der Waals surface area contributed by atoms with Crippen LogP contribution in [-0.2, 0) is 23.1 Å². The second-order valence-corrected chi connectivity index (χ2v) is 13.6. The van der Waals surface area contributed by atoms with Gasteiger partial charge in [-0.1, -0.05) is 30.3 Å². The Balaban J connectivity index is 1.15. The van der Waals surface area contributed by atoms with Gasteiger partial charge in [0.25, 0.3) is 15.9 Å². The predicted molar refractivity (Wildman–Crippen MR) is 171 cm³/mol. The number of hydrogen-bond acceptors (Lipinski definition) is 7. The van der Waals surface area contributed by atoms with Crippen LogP contribution in [0.2, 0.25) is 0 Å². The number of rotatable bonds is 13. The number of β-amino-alcohol motifs (C(OH)–C–C–N with tert-alkyl or cyclic N) is 1.